The smallest absolute Gasteiger partial charge is 0.0298 e. The van der Waals surface area contributed by atoms with E-state index in [9.17, 15) is 0 Å². The summed E-state index contributed by atoms with van der Waals surface area (Å²) in [7, 11) is 0. The van der Waals surface area contributed by atoms with E-state index < -0.39 is 0 Å². The minimum atomic E-state index is 0.671. The average molecular weight is 317 g/mol. The molecule has 0 aliphatic heterocycles. The van der Waals surface area contributed by atoms with Gasteiger partial charge in [0.25, 0.3) is 0 Å². The summed E-state index contributed by atoms with van der Waals surface area (Å²) in [5.41, 5.74) is 0.671. The molecule has 0 aromatic rings. The van der Waals surface area contributed by atoms with Crippen molar-refractivity contribution in [1.82, 2.24) is 0 Å². The molecule has 0 aromatic carbocycles. The highest BCUT2D eigenvalue weighted by molar-refractivity contribution is 5.01. The van der Waals surface area contributed by atoms with E-state index in [4.69, 9.17) is 0 Å². The maximum absolute atomic E-state index is 2.64. The van der Waals surface area contributed by atoms with Gasteiger partial charge in [0.2, 0.25) is 0 Å². The third-order valence-corrected chi connectivity index (χ3v) is 9.57. The SMILES string of the molecule is CC1C2CCCCC2C2CCC(C(C)C3(C)CCCCC3)CC12. The highest BCUT2D eigenvalue weighted by Gasteiger charge is 2.51. The Morgan fingerprint density at radius 3 is 2.13 bits per heavy atom. The molecule has 4 saturated carbocycles. The van der Waals surface area contributed by atoms with E-state index in [1.807, 2.05) is 0 Å². The first-order chi connectivity index (χ1) is 11.1. The van der Waals surface area contributed by atoms with Crippen molar-refractivity contribution in [2.24, 2.45) is 46.8 Å². The predicted molar refractivity (Wildman–Crippen MR) is 99.3 cm³/mol. The first kappa shape index (κ1) is 16.5. The van der Waals surface area contributed by atoms with Crippen LogP contribution in [0.2, 0.25) is 0 Å². The Bertz CT molecular complexity index is 404. The topological polar surface area (TPSA) is 0 Å². The van der Waals surface area contributed by atoms with Gasteiger partial charge in [-0.2, -0.15) is 0 Å². The second kappa shape index (κ2) is 6.38. The van der Waals surface area contributed by atoms with Crippen molar-refractivity contribution in [3.63, 3.8) is 0 Å². The van der Waals surface area contributed by atoms with Crippen LogP contribution in [0.4, 0.5) is 0 Å². The molecule has 0 heterocycles. The molecule has 23 heavy (non-hydrogen) atoms. The van der Waals surface area contributed by atoms with Crippen molar-refractivity contribution in [2.45, 2.75) is 97.8 Å². The van der Waals surface area contributed by atoms with E-state index in [0.29, 0.717) is 5.41 Å². The molecule has 7 unspecified atom stereocenters. The summed E-state index contributed by atoms with van der Waals surface area (Å²) in [6, 6.07) is 0. The van der Waals surface area contributed by atoms with E-state index in [1.54, 1.807) is 32.1 Å². The average Bonchev–Trinajstić information content (AvgIpc) is 2.88. The molecule has 7 atom stereocenters. The summed E-state index contributed by atoms with van der Waals surface area (Å²) >= 11 is 0. The highest BCUT2D eigenvalue weighted by Crippen LogP contribution is 2.60. The number of fused-ring (bicyclic) bond motifs is 3. The molecule has 0 heteroatoms. The van der Waals surface area contributed by atoms with Crippen LogP contribution in [-0.2, 0) is 0 Å². The predicted octanol–water partition coefficient (Wildman–Crippen LogP) is 7.08. The van der Waals surface area contributed by atoms with Crippen LogP contribution < -0.4 is 0 Å². The van der Waals surface area contributed by atoms with Crippen molar-refractivity contribution in [1.29, 1.82) is 0 Å². The fourth-order valence-electron chi connectivity index (χ4n) is 7.93. The molecular weight excluding hydrogens is 276 g/mol. The standard InChI is InChI=1S/C23H40/c1-16-19-9-5-6-10-20(19)21-12-11-18(15-22(16)21)17(2)23(3)13-7-4-8-14-23/h16-22H,4-15H2,1-3H3. The molecule has 4 aliphatic rings. The second-order valence-corrected chi connectivity index (χ2v) is 10.4. The van der Waals surface area contributed by atoms with Gasteiger partial charge in [0.15, 0.2) is 0 Å². The maximum Gasteiger partial charge on any atom is -0.0298 e. The van der Waals surface area contributed by atoms with E-state index in [1.165, 1.54) is 44.9 Å². The van der Waals surface area contributed by atoms with E-state index in [0.717, 1.165) is 41.4 Å². The summed E-state index contributed by atoms with van der Waals surface area (Å²) in [5.74, 6) is 7.51. The van der Waals surface area contributed by atoms with Gasteiger partial charge in [-0.1, -0.05) is 52.9 Å². The molecule has 0 saturated heterocycles. The van der Waals surface area contributed by atoms with Crippen LogP contribution in [-0.4, -0.2) is 0 Å². The summed E-state index contributed by atoms with van der Waals surface area (Å²) in [4.78, 5) is 0. The lowest BCUT2D eigenvalue weighted by molar-refractivity contribution is 0.0347. The molecule has 0 amide bonds. The van der Waals surface area contributed by atoms with Crippen molar-refractivity contribution >= 4 is 0 Å². The molecule has 0 bridgehead atoms. The van der Waals surface area contributed by atoms with Crippen LogP contribution in [0.15, 0.2) is 0 Å². The summed E-state index contributed by atoms with van der Waals surface area (Å²) in [5, 5.41) is 0. The first-order valence-electron chi connectivity index (χ1n) is 11.1. The number of hydrogen-bond donors (Lipinski definition) is 0. The maximum atomic E-state index is 2.64. The molecule has 0 spiro atoms. The molecule has 0 nitrogen and oxygen atoms in total. The third kappa shape index (κ3) is 2.81. The normalized spacial score (nSPS) is 47.6. The van der Waals surface area contributed by atoms with Gasteiger partial charge in [-0.3, -0.25) is 0 Å². The summed E-state index contributed by atoms with van der Waals surface area (Å²) < 4.78 is 0. The summed E-state index contributed by atoms with van der Waals surface area (Å²) in [6.45, 7) is 7.92. The van der Waals surface area contributed by atoms with Gasteiger partial charge in [-0.15, -0.1) is 0 Å². The highest BCUT2D eigenvalue weighted by atomic mass is 14.6. The second-order valence-electron chi connectivity index (χ2n) is 10.4. The molecule has 0 N–H and O–H groups in total. The molecule has 4 fully saturated rings. The Morgan fingerprint density at radius 2 is 1.39 bits per heavy atom. The van der Waals surface area contributed by atoms with Crippen LogP contribution in [0.25, 0.3) is 0 Å². The van der Waals surface area contributed by atoms with Crippen LogP contribution in [0.3, 0.4) is 0 Å². The van der Waals surface area contributed by atoms with Crippen molar-refractivity contribution in [3.8, 4) is 0 Å². The van der Waals surface area contributed by atoms with Crippen LogP contribution >= 0.6 is 0 Å². The molecular formula is C23H40. The van der Waals surface area contributed by atoms with Crippen LogP contribution in [0, 0.1) is 46.8 Å². The minimum Gasteiger partial charge on any atom is -0.0620 e. The van der Waals surface area contributed by atoms with Crippen molar-refractivity contribution in [2.75, 3.05) is 0 Å². The molecule has 4 aliphatic carbocycles. The molecule has 0 aromatic heterocycles. The lowest BCUT2D eigenvalue weighted by Crippen LogP contribution is -2.37. The van der Waals surface area contributed by atoms with E-state index in [2.05, 4.69) is 20.8 Å². The van der Waals surface area contributed by atoms with Gasteiger partial charge >= 0.3 is 0 Å². The minimum absolute atomic E-state index is 0.671. The zero-order chi connectivity index (χ0) is 16.0. The fourth-order valence-corrected chi connectivity index (χ4v) is 7.93. The Kier molecular flexibility index (Phi) is 4.57. The largest absolute Gasteiger partial charge is 0.0620 e. The molecule has 132 valence electrons. The quantitative estimate of drug-likeness (QED) is 0.510. The first-order valence-corrected chi connectivity index (χ1v) is 11.1. The van der Waals surface area contributed by atoms with Gasteiger partial charge in [0.1, 0.15) is 0 Å². The zero-order valence-electron chi connectivity index (χ0n) is 16.0. The van der Waals surface area contributed by atoms with E-state index in [-0.39, 0.29) is 0 Å². The number of rotatable bonds is 2. The fraction of sp³-hybridized carbons (Fsp3) is 1.00. The van der Waals surface area contributed by atoms with E-state index >= 15 is 0 Å². The van der Waals surface area contributed by atoms with Crippen LogP contribution in [0.5, 0.6) is 0 Å². The molecule has 0 radical (unpaired) electrons. The third-order valence-electron chi connectivity index (χ3n) is 9.57. The van der Waals surface area contributed by atoms with Gasteiger partial charge in [-0.05, 0) is 91.8 Å². The van der Waals surface area contributed by atoms with Crippen molar-refractivity contribution in [3.05, 3.63) is 0 Å². The lowest BCUT2D eigenvalue weighted by Gasteiger charge is -2.47. The number of hydrogen-bond acceptors (Lipinski definition) is 0. The van der Waals surface area contributed by atoms with Gasteiger partial charge < -0.3 is 0 Å². The Labute approximate surface area is 145 Å². The Hall–Kier alpha value is 0. The lowest BCUT2D eigenvalue weighted by atomic mass is 9.59. The molecule has 4 rings (SSSR count). The zero-order valence-corrected chi connectivity index (χ0v) is 16.0. The van der Waals surface area contributed by atoms with Crippen LogP contribution in [0.1, 0.15) is 97.8 Å². The Balaban J connectivity index is 1.46. The van der Waals surface area contributed by atoms with Gasteiger partial charge in [0.05, 0.1) is 0 Å². The van der Waals surface area contributed by atoms with Crippen molar-refractivity contribution < 1.29 is 0 Å². The monoisotopic (exact) mass is 316 g/mol. The summed E-state index contributed by atoms with van der Waals surface area (Å²) in [6.07, 6.45) is 18.5. The van der Waals surface area contributed by atoms with Gasteiger partial charge in [0, 0.05) is 0 Å². The Morgan fingerprint density at radius 1 is 0.739 bits per heavy atom. The van der Waals surface area contributed by atoms with Gasteiger partial charge in [-0.25, -0.2) is 0 Å².